The van der Waals surface area contributed by atoms with Gasteiger partial charge in [0.25, 0.3) is 0 Å². The van der Waals surface area contributed by atoms with Crippen molar-refractivity contribution in [2.45, 2.75) is 12.6 Å². The maximum absolute atomic E-state index is 11.6. The summed E-state index contributed by atoms with van der Waals surface area (Å²) in [5, 5.41) is 3.55. The summed E-state index contributed by atoms with van der Waals surface area (Å²) in [6.07, 6.45) is 3.68. The van der Waals surface area contributed by atoms with Crippen LogP contribution in [0.4, 0.5) is 0 Å². The molecule has 29 heavy (non-hydrogen) atoms. The van der Waals surface area contributed by atoms with Crippen LogP contribution >= 0.6 is 0 Å². The summed E-state index contributed by atoms with van der Waals surface area (Å²) in [5.74, 6) is 1.94. The van der Waals surface area contributed by atoms with Gasteiger partial charge in [-0.1, -0.05) is 12.1 Å². The van der Waals surface area contributed by atoms with E-state index in [1.54, 1.807) is 32.5 Å². The number of methoxy groups -OCH3 is 3. The van der Waals surface area contributed by atoms with Crippen LogP contribution in [0, 0.1) is 0 Å². The molecular formula is C22H25N3O4. The number of nitrogens with one attached hydrogen (secondary N) is 1. The Bertz CT molecular complexity index is 944. The van der Waals surface area contributed by atoms with Gasteiger partial charge in [0.05, 0.1) is 32.9 Å². The number of carbonyl (C=O) groups excluding carboxylic acids is 1. The lowest BCUT2D eigenvalue weighted by molar-refractivity contribution is 0.0600. The molecule has 3 rings (SSSR count). The summed E-state index contributed by atoms with van der Waals surface area (Å²) in [6.45, 7) is 0.582. The molecule has 0 amide bonds. The number of ether oxygens (including phenoxy) is 3. The number of carbonyl (C=O) groups is 1. The highest BCUT2D eigenvalue weighted by atomic mass is 16.5. The summed E-state index contributed by atoms with van der Waals surface area (Å²) in [4.78, 5) is 16.1. The normalized spacial score (nSPS) is 11.7. The number of aryl methyl sites for hydroxylation is 1. The summed E-state index contributed by atoms with van der Waals surface area (Å²) in [5.41, 5.74) is 2.53. The predicted molar refractivity (Wildman–Crippen MR) is 109 cm³/mol. The van der Waals surface area contributed by atoms with Crippen LogP contribution in [0.25, 0.3) is 0 Å². The third-order valence-corrected chi connectivity index (χ3v) is 4.71. The van der Waals surface area contributed by atoms with E-state index in [-0.39, 0.29) is 12.0 Å². The van der Waals surface area contributed by atoms with Gasteiger partial charge in [-0.3, -0.25) is 5.32 Å². The zero-order valence-electron chi connectivity index (χ0n) is 17.0. The Balaban J connectivity index is 1.88. The summed E-state index contributed by atoms with van der Waals surface area (Å²) < 4.78 is 17.6. The van der Waals surface area contributed by atoms with Crippen molar-refractivity contribution in [2.75, 3.05) is 21.3 Å². The maximum atomic E-state index is 11.6. The van der Waals surface area contributed by atoms with E-state index < -0.39 is 0 Å². The Labute approximate surface area is 170 Å². The molecule has 0 aliphatic carbocycles. The van der Waals surface area contributed by atoms with Crippen LogP contribution in [0.15, 0.2) is 54.9 Å². The van der Waals surface area contributed by atoms with Gasteiger partial charge in [-0.15, -0.1) is 0 Å². The number of benzene rings is 2. The van der Waals surface area contributed by atoms with Crippen molar-refractivity contribution in [3.63, 3.8) is 0 Å². The fourth-order valence-electron chi connectivity index (χ4n) is 3.11. The number of imidazole rings is 1. The molecule has 2 aromatic carbocycles. The molecule has 1 aromatic heterocycles. The van der Waals surface area contributed by atoms with Crippen molar-refractivity contribution in [1.82, 2.24) is 14.9 Å². The Kier molecular flexibility index (Phi) is 6.51. The van der Waals surface area contributed by atoms with E-state index in [9.17, 15) is 4.79 Å². The molecule has 0 spiro atoms. The van der Waals surface area contributed by atoms with Crippen molar-refractivity contribution in [2.24, 2.45) is 7.05 Å². The van der Waals surface area contributed by atoms with Crippen LogP contribution in [0.5, 0.6) is 11.5 Å². The lowest BCUT2D eigenvalue weighted by atomic mass is 10.0. The third-order valence-electron chi connectivity index (χ3n) is 4.71. The molecule has 0 saturated carbocycles. The van der Waals surface area contributed by atoms with E-state index >= 15 is 0 Å². The molecule has 0 aliphatic heterocycles. The molecule has 0 bridgehead atoms. The van der Waals surface area contributed by atoms with Gasteiger partial charge in [0.1, 0.15) is 17.3 Å². The summed E-state index contributed by atoms with van der Waals surface area (Å²) in [7, 11) is 6.59. The zero-order valence-corrected chi connectivity index (χ0v) is 17.0. The fourth-order valence-corrected chi connectivity index (χ4v) is 3.11. The summed E-state index contributed by atoms with van der Waals surface area (Å²) in [6, 6.07) is 12.9. The molecule has 0 aliphatic rings. The average molecular weight is 395 g/mol. The third kappa shape index (κ3) is 4.75. The van der Waals surface area contributed by atoms with Crippen LogP contribution in [0.3, 0.4) is 0 Å². The molecule has 7 nitrogen and oxygen atoms in total. The second-order valence-electron chi connectivity index (χ2n) is 6.54. The van der Waals surface area contributed by atoms with Crippen molar-refractivity contribution in [3.05, 3.63) is 77.4 Å². The number of esters is 1. The SMILES string of the molecule is COC(=O)c1ccc(CNC(c2cc(OC)cc(OC)c2)c2nccn2C)cc1. The van der Waals surface area contributed by atoms with Crippen molar-refractivity contribution in [3.8, 4) is 11.5 Å². The molecule has 3 aromatic rings. The highest BCUT2D eigenvalue weighted by molar-refractivity contribution is 5.89. The molecular weight excluding hydrogens is 370 g/mol. The Hall–Kier alpha value is -3.32. The highest BCUT2D eigenvalue weighted by Gasteiger charge is 2.20. The van der Waals surface area contributed by atoms with Gasteiger partial charge in [0.15, 0.2) is 0 Å². The zero-order chi connectivity index (χ0) is 20.8. The first-order valence-electron chi connectivity index (χ1n) is 9.16. The molecule has 1 heterocycles. The van der Waals surface area contributed by atoms with Crippen LogP contribution in [-0.2, 0) is 18.3 Å². The van der Waals surface area contributed by atoms with E-state index in [0.717, 1.165) is 17.0 Å². The number of hydrogen-bond acceptors (Lipinski definition) is 6. The molecule has 0 radical (unpaired) electrons. The molecule has 7 heteroatoms. The van der Waals surface area contributed by atoms with Crippen LogP contribution in [-0.4, -0.2) is 36.8 Å². The topological polar surface area (TPSA) is 74.6 Å². The number of hydrogen-bond donors (Lipinski definition) is 1. The lowest BCUT2D eigenvalue weighted by Crippen LogP contribution is -2.25. The van der Waals surface area contributed by atoms with Gasteiger partial charge >= 0.3 is 5.97 Å². The van der Waals surface area contributed by atoms with Gasteiger partial charge in [0.2, 0.25) is 0 Å². The van der Waals surface area contributed by atoms with Crippen LogP contribution in [0.1, 0.15) is 33.4 Å². The minimum atomic E-state index is -0.348. The van der Waals surface area contributed by atoms with E-state index in [0.29, 0.717) is 23.6 Å². The quantitative estimate of drug-likeness (QED) is 0.591. The molecule has 1 unspecified atom stereocenters. The van der Waals surface area contributed by atoms with E-state index in [1.807, 2.05) is 48.1 Å². The van der Waals surface area contributed by atoms with Gasteiger partial charge < -0.3 is 18.8 Å². The monoisotopic (exact) mass is 395 g/mol. The van der Waals surface area contributed by atoms with Gasteiger partial charge in [-0.05, 0) is 35.4 Å². The molecule has 0 saturated heterocycles. The number of nitrogens with zero attached hydrogens (tertiary/aromatic N) is 2. The standard InChI is InChI=1S/C22H25N3O4/c1-25-10-9-23-21(25)20(17-11-18(27-2)13-19(12-17)28-3)24-14-15-5-7-16(8-6-15)22(26)29-4/h5-13,20,24H,14H2,1-4H3. The van der Waals surface area contributed by atoms with Gasteiger partial charge in [-0.25, -0.2) is 9.78 Å². The average Bonchev–Trinajstić information content (AvgIpc) is 3.19. The van der Waals surface area contributed by atoms with Crippen LogP contribution in [0.2, 0.25) is 0 Å². The second-order valence-corrected chi connectivity index (χ2v) is 6.54. The molecule has 0 fully saturated rings. The Morgan fingerprint density at radius 2 is 1.72 bits per heavy atom. The first kappa shape index (κ1) is 20.4. The summed E-state index contributed by atoms with van der Waals surface area (Å²) >= 11 is 0. The first-order chi connectivity index (χ1) is 14.0. The van der Waals surface area contributed by atoms with E-state index in [4.69, 9.17) is 14.2 Å². The Morgan fingerprint density at radius 1 is 1.07 bits per heavy atom. The molecule has 1 atom stereocenters. The van der Waals surface area contributed by atoms with Crippen molar-refractivity contribution < 1.29 is 19.0 Å². The van der Waals surface area contributed by atoms with Crippen LogP contribution < -0.4 is 14.8 Å². The fraction of sp³-hybridized carbons (Fsp3) is 0.273. The number of aromatic nitrogens is 2. The Morgan fingerprint density at radius 3 is 2.24 bits per heavy atom. The van der Waals surface area contributed by atoms with Crippen molar-refractivity contribution >= 4 is 5.97 Å². The first-order valence-corrected chi connectivity index (χ1v) is 9.16. The van der Waals surface area contributed by atoms with Gasteiger partial charge in [0, 0.05) is 32.1 Å². The maximum Gasteiger partial charge on any atom is 0.337 e. The number of rotatable bonds is 8. The smallest absolute Gasteiger partial charge is 0.337 e. The predicted octanol–water partition coefficient (Wildman–Crippen LogP) is 3.10. The lowest BCUT2D eigenvalue weighted by Gasteiger charge is -2.21. The molecule has 152 valence electrons. The minimum absolute atomic E-state index is 0.181. The largest absolute Gasteiger partial charge is 0.497 e. The second kappa shape index (κ2) is 9.25. The van der Waals surface area contributed by atoms with E-state index in [2.05, 4.69) is 10.3 Å². The highest BCUT2D eigenvalue weighted by Crippen LogP contribution is 2.29. The van der Waals surface area contributed by atoms with E-state index in [1.165, 1.54) is 7.11 Å². The van der Waals surface area contributed by atoms with Crippen molar-refractivity contribution in [1.29, 1.82) is 0 Å². The minimum Gasteiger partial charge on any atom is -0.497 e. The molecule has 1 N–H and O–H groups in total. The van der Waals surface area contributed by atoms with Gasteiger partial charge in [-0.2, -0.15) is 0 Å².